The number of anilines is 1. The smallest absolute Gasteiger partial charge is 0.208 e. The standard InChI is InChI=1S/C14H19ClN4S2/c1-9(2)16-8-10-5-6-11(7-12(10)15)20-14-18-17-13(21-14)19(3)4/h5-7,9,16H,8H2,1-4H3. The molecule has 1 aromatic heterocycles. The first-order valence-corrected chi connectivity index (χ1v) is 8.67. The van der Waals surface area contributed by atoms with Gasteiger partial charge in [-0.3, -0.25) is 0 Å². The molecule has 0 unspecified atom stereocenters. The Labute approximate surface area is 138 Å². The molecule has 4 nitrogen and oxygen atoms in total. The van der Waals surface area contributed by atoms with E-state index in [2.05, 4.69) is 41.5 Å². The first-order valence-electron chi connectivity index (χ1n) is 6.66. The molecular formula is C14H19ClN4S2. The van der Waals surface area contributed by atoms with Crippen LogP contribution in [-0.2, 0) is 6.54 Å². The minimum atomic E-state index is 0.445. The van der Waals surface area contributed by atoms with Gasteiger partial charge in [0.2, 0.25) is 5.13 Å². The van der Waals surface area contributed by atoms with E-state index in [0.29, 0.717) is 6.04 Å². The maximum atomic E-state index is 6.34. The first-order chi connectivity index (χ1) is 9.95. The lowest BCUT2D eigenvalue weighted by Crippen LogP contribution is -2.21. The lowest BCUT2D eigenvalue weighted by atomic mass is 10.2. The molecule has 0 radical (unpaired) electrons. The summed E-state index contributed by atoms with van der Waals surface area (Å²) in [6.07, 6.45) is 0. The second-order valence-corrected chi connectivity index (χ2v) is 7.82. The van der Waals surface area contributed by atoms with Gasteiger partial charge in [-0.1, -0.05) is 54.6 Å². The van der Waals surface area contributed by atoms with Crippen LogP contribution in [0.3, 0.4) is 0 Å². The predicted octanol–water partition coefficient (Wildman–Crippen LogP) is 3.91. The normalized spacial score (nSPS) is 11.1. The first kappa shape index (κ1) is 16.5. The largest absolute Gasteiger partial charge is 0.353 e. The molecule has 0 saturated carbocycles. The Bertz CT molecular complexity index is 598. The predicted molar refractivity (Wildman–Crippen MR) is 91.8 cm³/mol. The molecule has 21 heavy (non-hydrogen) atoms. The SMILES string of the molecule is CC(C)NCc1ccc(Sc2nnc(N(C)C)s2)cc1Cl. The topological polar surface area (TPSA) is 41.1 Å². The molecule has 0 bridgehead atoms. The van der Waals surface area contributed by atoms with Gasteiger partial charge < -0.3 is 10.2 Å². The van der Waals surface area contributed by atoms with Crippen LogP contribution in [0.4, 0.5) is 5.13 Å². The van der Waals surface area contributed by atoms with Crippen LogP contribution in [0, 0.1) is 0 Å². The average molecular weight is 343 g/mol. The summed E-state index contributed by atoms with van der Waals surface area (Å²) in [6.45, 7) is 5.02. The van der Waals surface area contributed by atoms with Gasteiger partial charge in [0.1, 0.15) is 0 Å². The van der Waals surface area contributed by atoms with Crippen LogP contribution in [0.15, 0.2) is 27.4 Å². The van der Waals surface area contributed by atoms with Gasteiger partial charge in [-0.2, -0.15) is 0 Å². The van der Waals surface area contributed by atoms with E-state index in [1.54, 1.807) is 23.1 Å². The molecule has 0 aliphatic heterocycles. The summed E-state index contributed by atoms with van der Waals surface area (Å²) in [5.74, 6) is 0. The highest BCUT2D eigenvalue weighted by Gasteiger charge is 2.09. The van der Waals surface area contributed by atoms with Crippen molar-refractivity contribution in [3.8, 4) is 0 Å². The summed E-state index contributed by atoms with van der Waals surface area (Å²) in [7, 11) is 3.92. The molecule has 0 fully saturated rings. The third-order valence-corrected chi connectivity index (χ3v) is 5.19. The van der Waals surface area contributed by atoms with Crippen LogP contribution >= 0.6 is 34.7 Å². The molecule has 1 N–H and O–H groups in total. The van der Waals surface area contributed by atoms with E-state index in [1.165, 1.54) is 0 Å². The number of aromatic nitrogens is 2. The molecule has 0 atom stereocenters. The van der Waals surface area contributed by atoms with Gasteiger partial charge in [-0.25, -0.2) is 0 Å². The highest BCUT2D eigenvalue weighted by atomic mass is 35.5. The van der Waals surface area contributed by atoms with Crippen LogP contribution in [0.25, 0.3) is 0 Å². The van der Waals surface area contributed by atoms with Gasteiger partial charge in [0, 0.05) is 36.6 Å². The van der Waals surface area contributed by atoms with Crippen molar-refractivity contribution in [2.24, 2.45) is 0 Å². The number of nitrogens with one attached hydrogen (secondary N) is 1. The Morgan fingerprint density at radius 3 is 2.67 bits per heavy atom. The van der Waals surface area contributed by atoms with Gasteiger partial charge in [0.25, 0.3) is 0 Å². The summed E-state index contributed by atoms with van der Waals surface area (Å²) < 4.78 is 0.919. The van der Waals surface area contributed by atoms with E-state index >= 15 is 0 Å². The van der Waals surface area contributed by atoms with Crippen molar-refractivity contribution in [2.45, 2.75) is 35.7 Å². The maximum Gasteiger partial charge on any atom is 0.208 e. The van der Waals surface area contributed by atoms with Gasteiger partial charge in [0.05, 0.1) is 0 Å². The summed E-state index contributed by atoms with van der Waals surface area (Å²) >= 11 is 9.50. The van der Waals surface area contributed by atoms with Gasteiger partial charge in [-0.15, -0.1) is 10.2 Å². The quantitative estimate of drug-likeness (QED) is 0.862. The molecule has 2 aromatic rings. The molecule has 7 heteroatoms. The summed E-state index contributed by atoms with van der Waals surface area (Å²) in [5.41, 5.74) is 1.11. The minimum absolute atomic E-state index is 0.445. The fourth-order valence-electron chi connectivity index (χ4n) is 1.57. The Balaban J connectivity index is 2.05. The molecule has 0 aliphatic rings. The van der Waals surface area contributed by atoms with E-state index in [0.717, 1.165) is 31.5 Å². The van der Waals surface area contributed by atoms with Crippen LogP contribution in [-0.4, -0.2) is 30.3 Å². The average Bonchev–Trinajstić information content (AvgIpc) is 2.86. The van der Waals surface area contributed by atoms with Crippen molar-refractivity contribution in [1.29, 1.82) is 0 Å². The molecule has 1 heterocycles. The molecular weight excluding hydrogens is 324 g/mol. The second-order valence-electron chi connectivity index (χ2n) is 5.14. The number of hydrogen-bond donors (Lipinski definition) is 1. The zero-order valence-corrected chi connectivity index (χ0v) is 14.9. The lowest BCUT2D eigenvalue weighted by Gasteiger charge is -2.10. The molecule has 114 valence electrons. The van der Waals surface area contributed by atoms with Crippen LogP contribution in [0.1, 0.15) is 19.4 Å². The molecule has 0 aliphatic carbocycles. The van der Waals surface area contributed by atoms with Crippen molar-refractivity contribution in [3.63, 3.8) is 0 Å². The Kier molecular flexibility index (Phi) is 5.87. The molecule has 2 rings (SSSR count). The van der Waals surface area contributed by atoms with Gasteiger partial charge in [-0.05, 0) is 17.7 Å². The van der Waals surface area contributed by atoms with Crippen LogP contribution < -0.4 is 10.2 Å². The van der Waals surface area contributed by atoms with E-state index in [4.69, 9.17) is 11.6 Å². The van der Waals surface area contributed by atoms with Crippen molar-refractivity contribution >= 4 is 39.8 Å². The van der Waals surface area contributed by atoms with E-state index in [1.807, 2.05) is 25.1 Å². The Morgan fingerprint density at radius 1 is 1.33 bits per heavy atom. The van der Waals surface area contributed by atoms with Crippen LogP contribution in [0.2, 0.25) is 5.02 Å². The van der Waals surface area contributed by atoms with Crippen LogP contribution in [0.5, 0.6) is 0 Å². The van der Waals surface area contributed by atoms with Gasteiger partial charge >= 0.3 is 0 Å². The Hall–Kier alpha value is -0.820. The van der Waals surface area contributed by atoms with Crippen molar-refractivity contribution < 1.29 is 0 Å². The summed E-state index contributed by atoms with van der Waals surface area (Å²) in [5, 5.41) is 13.4. The fourth-order valence-corrected chi connectivity index (χ4v) is 3.66. The van der Waals surface area contributed by atoms with Crippen molar-refractivity contribution in [1.82, 2.24) is 15.5 Å². The second kappa shape index (κ2) is 7.45. The monoisotopic (exact) mass is 342 g/mol. The van der Waals surface area contributed by atoms with Crippen molar-refractivity contribution in [3.05, 3.63) is 28.8 Å². The number of halogens is 1. The van der Waals surface area contributed by atoms with Crippen molar-refractivity contribution in [2.75, 3.05) is 19.0 Å². The third-order valence-electron chi connectivity index (χ3n) is 2.71. The zero-order chi connectivity index (χ0) is 15.4. The number of nitrogens with zero attached hydrogens (tertiary/aromatic N) is 3. The van der Waals surface area contributed by atoms with E-state index in [9.17, 15) is 0 Å². The fraction of sp³-hybridized carbons (Fsp3) is 0.429. The molecule has 0 spiro atoms. The number of rotatable bonds is 6. The zero-order valence-electron chi connectivity index (χ0n) is 12.6. The highest BCUT2D eigenvalue weighted by Crippen LogP contribution is 2.34. The minimum Gasteiger partial charge on any atom is -0.353 e. The highest BCUT2D eigenvalue weighted by molar-refractivity contribution is 8.01. The molecule has 0 saturated heterocycles. The van der Waals surface area contributed by atoms with E-state index < -0.39 is 0 Å². The number of benzene rings is 1. The summed E-state index contributed by atoms with van der Waals surface area (Å²) in [6, 6.07) is 6.57. The van der Waals surface area contributed by atoms with E-state index in [-0.39, 0.29) is 0 Å². The maximum absolute atomic E-state index is 6.34. The Morgan fingerprint density at radius 2 is 2.10 bits per heavy atom. The molecule has 1 aromatic carbocycles. The van der Waals surface area contributed by atoms with Gasteiger partial charge in [0.15, 0.2) is 4.34 Å². The number of hydrogen-bond acceptors (Lipinski definition) is 6. The third kappa shape index (κ3) is 4.85. The lowest BCUT2D eigenvalue weighted by molar-refractivity contribution is 0.589. The molecule has 0 amide bonds. The summed E-state index contributed by atoms with van der Waals surface area (Å²) in [4.78, 5) is 3.03.